The smallest absolute Gasteiger partial charge is 0.284 e. The Labute approximate surface area is 181 Å². The molecule has 2 aromatic rings. The van der Waals surface area contributed by atoms with E-state index in [1.807, 2.05) is 0 Å². The first kappa shape index (κ1) is 22.4. The van der Waals surface area contributed by atoms with E-state index in [-0.39, 0.29) is 23.7 Å². The number of sulfonamides is 1. The van der Waals surface area contributed by atoms with E-state index in [4.69, 9.17) is 4.74 Å². The monoisotopic (exact) mass is 476 g/mol. The molecular weight excluding hydrogens is 456 g/mol. The number of nitrogens with zero attached hydrogens (tertiary/aromatic N) is 4. The zero-order valence-electron chi connectivity index (χ0n) is 15.6. The van der Waals surface area contributed by atoms with Crippen molar-refractivity contribution in [2.45, 2.75) is 38.2 Å². The Balaban J connectivity index is 1.80. The maximum Gasteiger partial charge on any atom is 0.284 e. The number of hydrogen-bond acceptors (Lipinski definition) is 10. The number of hydrogen-bond donors (Lipinski definition) is 0. The van der Waals surface area contributed by atoms with E-state index in [1.165, 1.54) is 27.8 Å². The molecule has 0 unspecified atom stereocenters. The van der Waals surface area contributed by atoms with Gasteiger partial charge in [0.2, 0.25) is 10.0 Å². The summed E-state index contributed by atoms with van der Waals surface area (Å²) in [5, 5.41) is 19.8. The Hall–Kier alpha value is -1.25. The molecule has 0 bridgehead atoms. The number of rotatable bonds is 9. The standard InChI is InChI=1S/C16H20N4O5S4/c1-2-3-10-26-15-17-18-16(28-15)27-14-5-4-12(11-13(14)20(21)22)29(23,24)19-6-8-25-9-7-19/h4-5,11H,2-3,6-10H2,1H3. The lowest BCUT2D eigenvalue weighted by Gasteiger charge is -2.26. The maximum atomic E-state index is 12.8. The van der Waals surface area contributed by atoms with Crippen molar-refractivity contribution in [1.29, 1.82) is 0 Å². The molecule has 0 amide bonds. The predicted molar refractivity (Wildman–Crippen MR) is 112 cm³/mol. The summed E-state index contributed by atoms with van der Waals surface area (Å²) >= 11 is 4.10. The van der Waals surface area contributed by atoms with E-state index in [9.17, 15) is 18.5 Å². The second-order valence-corrected chi connectivity index (χ2v) is 11.6. The third kappa shape index (κ3) is 5.67. The van der Waals surface area contributed by atoms with Crippen LogP contribution in [0.4, 0.5) is 5.69 Å². The third-order valence-electron chi connectivity index (χ3n) is 4.04. The van der Waals surface area contributed by atoms with Gasteiger partial charge < -0.3 is 4.74 Å². The summed E-state index contributed by atoms with van der Waals surface area (Å²) in [5.41, 5.74) is -0.264. The molecule has 0 radical (unpaired) electrons. The molecule has 0 atom stereocenters. The lowest BCUT2D eigenvalue weighted by atomic mass is 10.3. The maximum absolute atomic E-state index is 12.8. The Morgan fingerprint density at radius 3 is 2.69 bits per heavy atom. The minimum atomic E-state index is -3.81. The van der Waals surface area contributed by atoms with Crippen molar-refractivity contribution in [3.8, 4) is 0 Å². The van der Waals surface area contributed by atoms with Gasteiger partial charge in [-0.3, -0.25) is 10.1 Å². The highest BCUT2D eigenvalue weighted by molar-refractivity contribution is 8.03. The van der Waals surface area contributed by atoms with Crippen LogP contribution in [-0.2, 0) is 14.8 Å². The number of thioether (sulfide) groups is 1. The van der Waals surface area contributed by atoms with Crippen molar-refractivity contribution >= 4 is 50.6 Å². The zero-order valence-corrected chi connectivity index (χ0v) is 18.9. The van der Waals surface area contributed by atoms with Gasteiger partial charge in [0, 0.05) is 24.9 Å². The van der Waals surface area contributed by atoms with Crippen LogP contribution < -0.4 is 0 Å². The van der Waals surface area contributed by atoms with Crippen molar-refractivity contribution in [1.82, 2.24) is 14.5 Å². The SMILES string of the molecule is CCCCSc1nnc(Sc2ccc(S(=O)(=O)N3CCOCC3)cc2[N+](=O)[O-])s1. The fraction of sp³-hybridized carbons (Fsp3) is 0.500. The summed E-state index contributed by atoms with van der Waals surface area (Å²) in [4.78, 5) is 11.2. The summed E-state index contributed by atoms with van der Waals surface area (Å²) < 4.78 is 33.4. The quantitative estimate of drug-likeness (QED) is 0.232. The average molecular weight is 477 g/mol. The van der Waals surface area contributed by atoms with Gasteiger partial charge in [0.1, 0.15) is 0 Å². The highest BCUT2D eigenvalue weighted by Gasteiger charge is 2.29. The van der Waals surface area contributed by atoms with Crippen molar-refractivity contribution in [3.05, 3.63) is 28.3 Å². The van der Waals surface area contributed by atoms with Crippen molar-refractivity contribution in [2.75, 3.05) is 32.1 Å². The van der Waals surface area contributed by atoms with Crippen LogP contribution in [0.3, 0.4) is 0 Å². The Morgan fingerprint density at radius 1 is 1.28 bits per heavy atom. The third-order valence-corrected chi connectivity index (χ3v) is 9.20. The molecule has 9 nitrogen and oxygen atoms in total. The second-order valence-electron chi connectivity index (χ2n) is 6.04. The van der Waals surface area contributed by atoms with E-state index in [1.54, 1.807) is 11.8 Å². The lowest BCUT2D eigenvalue weighted by molar-refractivity contribution is -0.388. The van der Waals surface area contributed by atoms with Crippen LogP contribution in [0.5, 0.6) is 0 Å². The highest BCUT2D eigenvalue weighted by Crippen LogP contribution is 2.39. The van der Waals surface area contributed by atoms with Gasteiger partial charge in [0.15, 0.2) is 8.68 Å². The normalized spacial score (nSPS) is 15.5. The van der Waals surface area contributed by atoms with Crippen LogP contribution in [0.1, 0.15) is 19.8 Å². The van der Waals surface area contributed by atoms with Gasteiger partial charge in [-0.1, -0.05) is 48.2 Å². The first-order valence-electron chi connectivity index (χ1n) is 8.92. The van der Waals surface area contributed by atoms with Gasteiger partial charge in [-0.15, -0.1) is 10.2 Å². The van der Waals surface area contributed by atoms with Gasteiger partial charge in [-0.25, -0.2) is 8.42 Å². The topological polar surface area (TPSA) is 116 Å². The lowest BCUT2D eigenvalue weighted by Crippen LogP contribution is -2.40. The fourth-order valence-electron chi connectivity index (χ4n) is 2.52. The van der Waals surface area contributed by atoms with Crippen molar-refractivity contribution in [2.24, 2.45) is 0 Å². The molecule has 29 heavy (non-hydrogen) atoms. The molecule has 1 fully saturated rings. The summed E-state index contributed by atoms with van der Waals surface area (Å²) in [7, 11) is -3.81. The molecule has 3 rings (SSSR count). The van der Waals surface area contributed by atoms with Crippen LogP contribution in [0, 0.1) is 10.1 Å². The van der Waals surface area contributed by atoms with E-state index in [2.05, 4.69) is 17.1 Å². The first-order valence-corrected chi connectivity index (χ1v) is 13.0. The minimum absolute atomic E-state index is 0.0940. The Kier molecular flexibility index (Phi) is 7.87. The number of morpholine rings is 1. The minimum Gasteiger partial charge on any atom is -0.379 e. The van der Waals surface area contributed by atoms with Crippen LogP contribution >= 0.6 is 34.9 Å². The zero-order chi connectivity index (χ0) is 20.9. The molecular formula is C16H20N4O5S4. The van der Waals surface area contributed by atoms with Gasteiger partial charge in [-0.05, 0) is 18.6 Å². The number of benzene rings is 1. The van der Waals surface area contributed by atoms with Crippen LogP contribution in [0.2, 0.25) is 0 Å². The molecule has 1 saturated heterocycles. The van der Waals surface area contributed by atoms with Crippen molar-refractivity contribution in [3.63, 3.8) is 0 Å². The van der Waals surface area contributed by atoms with E-state index in [0.29, 0.717) is 22.4 Å². The molecule has 1 aliphatic rings. The summed E-state index contributed by atoms with van der Waals surface area (Å²) in [5.74, 6) is 0.948. The molecule has 0 aliphatic carbocycles. The summed E-state index contributed by atoms with van der Waals surface area (Å²) in [6.07, 6.45) is 2.18. The Bertz CT molecular complexity index is 960. The molecule has 158 valence electrons. The molecule has 2 heterocycles. The molecule has 0 saturated carbocycles. The van der Waals surface area contributed by atoms with Gasteiger partial charge in [0.05, 0.1) is 27.9 Å². The van der Waals surface area contributed by atoms with Gasteiger partial charge in [-0.2, -0.15) is 4.31 Å². The molecule has 0 N–H and O–H groups in total. The van der Waals surface area contributed by atoms with E-state index >= 15 is 0 Å². The summed E-state index contributed by atoms with van der Waals surface area (Å²) in [6.45, 7) is 3.20. The number of nitro benzene ring substituents is 1. The molecule has 1 aromatic carbocycles. The van der Waals surface area contributed by atoms with Crippen LogP contribution in [0.15, 0.2) is 36.7 Å². The molecule has 13 heteroatoms. The second kappa shape index (κ2) is 10.2. The van der Waals surface area contributed by atoms with Crippen LogP contribution in [0.25, 0.3) is 0 Å². The number of unbranched alkanes of at least 4 members (excludes halogenated alkanes) is 1. The van der Waals surface area contributed by atoms with Gasteiger partial charge in [0.25, 0.3) is 5.69 Å². The van der Waals surface area contributed by atoms with Gasteiger partial charge >= 0.3 is 0 Å². The molecule has 1 aromatic heterocycles. The largest absolute Gasteiger partial charge is 0.379 e. The first-order chi connectivity index (χ1) is 13.9. The number of aromatic nitrogens is 2. The van der Waals surface area contributed by atoms with Crippen LogP contribution in [-0.4, -0.2) is 59.9 Å². The number of ether oxygens (including phenoxy) is 1. The Morgan fingerprint density at radius 2 is 2.00 bits per heavy atom. The van der Waals surface area contributed by atoms with E-state index in [0.717, 1.165) is 40.8 Å². The molecule has 0 spiro atoms. The van der Waals surface area contributed by atoms with Crippen molar-refractivity contribution < 1.29 is 18.1 Å². The summed E-state index contributed by atoms with van der Waals surface area (Å²) in [6, 6.07) is 3.98. The fourth-order valence-corrected chi connectivity index (χ4v) is 7.16. The molecule has 1 aliphatic heterocycles. The average Bonchev–Trinajstić information content (AvgIpc) is 3.16. The number of nitro groups is 1. The highest BCUT2D eigenvalue weighted by atomic mass is 32.2. The van der Waals surface area contributed by atoms with E-state index < -0.39 is 14.9 Å². The predicted octanol–water partition coefficient (Wildman–Crippen LogP) is 3.51.